The van der Waals surface area contributed by atoms with Crippen LogP contribution in [0.5, 0.6) is 0 Å². The minimum absolute atomic E-state index is 0.145. The van der Waals surface area contributed by atoms with Crippen LogP contribution in [0, 0.1) is 11.8 Å². The van der Waals surface area contributed by atoms with E-state index >= 15 is 0 Å². The molecule has 0 spiro atoms. The van der Waals surface area contributed by atoms with Crippen molar-refractivity contribution in [3.05, 3.63) is 42.0 Å². The fourth-order valence-corrected chi connectivity index (χ4v) is 3.41. The monoisotopic (exact) mass is 342 g/mol. The number of allylic oxidation sites excluding steroid dienone is 2. The highest BCUT2D eigenvalue weighted by Crippen LogP contribution is 2.26. The second-order valence-electron chi connectivity index (χ2n) is 6.53. The highest BCUT2D eigenvalue weighted by atomic mass is 16.4. The molecule has 1 aliphatic carbocycles. The van der Waals surface area contributed by atoms with Crippen molar-refractivity contribution >= 4 is 23.5 Å². The first kappa shape index (κ1) is 17.2. The number of aliphatic carboxylic acids is 1. The highest BCUT2D eigenvalue weighted by molar-refractivity contribution is 5.95. The van der Waals surface area contributed by atoms with Crippen molar-refractivity contribution in [3.63, 3.8) is 0 Å². The quantitative estimate of drug-likeness (QED) is 0.802. The summed E-state index contributed by atoms with van der Waals surface area (Å²) in [6.07, 6.45) is 6.02. The summed E-state index contributed by atoms with van der Waals surface area (Å²) in [5, 5.41) is 12.1. The number of carbonyl (C=O) groups excluding carboxylic acids is 2. The molecule has 2 aliphatic rings. The van der Waals surface area contributed by atoms with Gasteiger partial charge in [-0.3, -0.25) is 14.4 Å². The number of amides is 2. The lowest BCUT2D eigenvalue weighted by Gasteiger charge is -2.24. The zero-order chi connectivity index (χ0) is 17.8. The Morgan fingerprint density at radius 1 is 1.12 bits per heavy atom. The van der Waals surface area contributed by atoms with Gasteiger partial charge in [0, 0.05) is 25.2 Å². The van der Waals surface area contributed by atoms with Crippen LogP contribution < -0.4 is 10.2 Å². The van der Waals surface area contributed by atoms with E-state index in [4.69, 9.17) is 0 Å². The Balaban J connectivity index is 1.57. The molecule has 6 nitrogen and oxygen atoms in total. The zero-order valence-corrected chi connectivity index (χ0v) is 14.0. The van der Waals surface area contributed by atoms with Crippen LogP contribution in [0.15, 0.2) is 36.4 Å². The molecule has 0 unspecified atom stereocenters. The van der Waals surface area contributed by atoms with Gasteiger partial charge in [0.1, 0.15) is 0 Å². The number of anilines is 1. The molecule has 6 heteroatoms. The van der Waals surface area contributed by atoms with Crippen LogP contribution in [0.2, 0.25) is 0 Å². The molecule has 0 aromatic heterocycles. The second-order valence-corrected chi connectivity index (χ2v) is 6.53. The average molecular weight is 342 g/mol. The van der Waals surface area contributed by atoms with E-state index in [2.05, 4.69) is 5.32 Å². The summed E-state index contributed by atoms with van der Waals surface area (Å²) in [6.45, 7) is 1.10. The van der Waals surface area contributed by atoms with Gasteiger partial charge in [0.2, 0.25) is 11.8 Å². The number of benzene rings is 1. The molecule has 1 aliphatic heterocycles. The van der Waals surface area contributed by atoms with Crippen molar-refractivity contribution in [2.45, 2.75) is 32.2 Å². The summed E-state index contributed by atoms with van der Waals surface area (Å²) < 4.78 is 0. The fraction of sp³-hybridized carbons (Fsp3) is 0.421. The van der Waals surface area contributed by atoms with Gasteiger partial charge in [-0.25, -0.2) is 0 Å². The molecule has 0 radical (unpaired) electrons. The average Bonchev–Trinajstić information content (AvgIpc) is 3.06. The van der Waals surface area contributed by atoms with E-state index in [1.807, 2.05) is 36.4 Å². The Morgan fingerprint density at radius 2 is 1.80 bits per heavy atom. The Kier molecular flexibility index (Phi) is 5.16. The standard InChI is InChI=1S/C19H22N2O4/c22-17-6-3-11-21(17)14-9-7-13(8-10-14)12-20-18(23)15-4-1-2-5-16(15)19(24)25/h1-2,7-10,15-16H,3-6,11-12H2,(H,20,23)(H,24,25)/t15-,16-/m0/s1. The van der Waals surface area contributed by atoms with Crippen molar-refractivity contribution in [2.75, 3.05) is 11.4 Å². The molecule has 2 atom stereocenters. The minimum Gasteiger partial charge on any atom is -0.481 e. The van der Waals surface area contributed by atoms with E-state index in [0.717, 1.165) is 24.2 Å². The van der Waals surface area contributed by atoms with Gasteiger partial charge < -0.3 is 15.3 Å². The van der Waals surface area contributed by atoms with Crippen LogP contribution in [0.1, 0.15) is 31.2 Å². The molecule has 1 aromatic rings. The van der Waals surface area contributed by atoms with E-state index in [1.54, 1.807) is 4.90 Å². The summed E-state index contributed by atoms with van der Waals surface area (Å²) in [5.74, 6) is -2.19. The number of hydrogen-bond donors (Lipinski definition) is 2. The van der Waals surface area contributed by atoms with Gasteiger partial charge in [-0.15, -0.1) is 0 Å². The summed E-state index contributed by atoms with van der Waals surface area (Å²) in [6, 6.07) is 7.54. The van der Waals surface area contributed by atoms with E-state index in [9.17, 15) is 19.5 Å². The van der Waals surface area contributed by atoms with Crippen LogP contribution >= 0.6 is 0 Å². The van der Waals surface area contributed by atoms with Gasteiger partial charge in [-0.1, -0.05) is 24.3 Å². The summed E-state index contributed by atoms with van der Waals surface area (Å²) >= 11 is 0. The number of nitrogens with one attached hydrogen (secondary N) is 1. The predicted octanol–water partition coefficient (Wildman–Crippen LogP) is 2.10. The van der Waals surface area contributed by atoms with Crippen molar-refractivity contribution < 1.29 is 19.5 Å². The van der Waals surface area contributed by atoms with Gasteiger partial charge in [-0.05, 0) is 37.0 Å². The SMILES string of the molecule is O=C(O)[C@H]1CC=CC[C@@H]1C(=O)NCc1ccc(N2CCCC2=O)cc1. The second kappa shape index (κ2) is 7.51. The van der Waals surface area contributed by atoms with Gasteiger partial charge in [0.15, 0.2) is 0 Å². The van der Waals surface area contributed by atoms with Crippen molar-refractivity contribution in [3.8, 4) is 0 Å². The van der Waals surface area contributed by atoms with Gasteiger partial charge in [0.25, 0.3) is 0 Å². The van der Waals surface area contributed by atoms with Crippen LogP contribution in [0.4, 0.5) is 5.69 Å². The molecule has 1 fully saturated rings. The van der Waals surface area contributed by atoms with Crippen molar-refractivity contribution in [1.29, 1.82) is 0 Å². The summed E-state index contributed by atoms with van der Waals surface area (Å²) in [7, 11) is 0. The maximum Gasteiger partial charge on any atom is 0.307 e. The first-order chi connectivity index (χ1) is 12.1. The molecule has 2 amide bonds. The third kappa shape index (κ3) is 3.90. The number of carboxylic acids is 1. The lowest BCUT2D eigenvalue weighted by molar-refractivity contribution is -0.147. The molecule has 3 rings (SSSR count). The summed E-state index contributed by atoms with van der Waals surface area (Å²) in [5.41, 5.74) is 1.79. The molecule has 1 aromatic carbocycles. The molecule has 0 saturated carbocycles. The van der Waals surface area contributed by atoms with E-state index in [0.29, 0.717) is 25.8 Å². The number of carbonyl (C=O) groups is 3. The van der Waals surface area contributed by atoms with Gasteiger partial charge >= 0.3 is 5.97 Å². The molecular weight excluding hydrogens is 320 g/mol. The van der Waals surface area contributed by atoms with Crippen molar-refractivity contribution in [2.24, 2.45) is 11.8 Å². The van der Waals surface area contributed by atoms with Crippen LogP contribution in [0.25, 0.3) is 0 Å². The van der Waals surface area contributed by atoms with E-state index in [-0.39, 0.29) is 11.8 Å². The lowest BCUT2D eigenvalue weighted by Crippen LogP contribution is -2.38. The largest absolute Gasteiger partial charge is 0.481 e. The van der Waals surface area contributed by atoms with E-state index in [1.165, 1.54) is 0 Å². The minimum atomic E-state index is -0.927. The highest BCUT2D eigenvalue weighted by Gasteiger charge is 2.33. The van der Waals surface area contributed by atoms with Crippen LogP contribution in [-0.4, -0.2) is 29.4 Å². The maximum absolute atomic E-state index is 12.3. The third-order valence-electron chi connectivity index (χ3n) is 4.87. The Bertz CT molecular complexity index is 696. The van der Waals surface area contributed by atoms with Crippen LogP contribution in [0.3, 0.4) is 0 Å². The smallest absolute Gasteiger partial charge is 0.307 e. The number of hydrogen-bond acceptors (Lipinski definition) is 3. The first-order valence-corrected chi connectivity index (χ1v) is 8.61. The first-order valence-electron chi connectivity index (χ1n) is 8.61. The van der Waals surface area contributed by atoms with E-state index < -0.39 is 17.8 Å². The molecule has 1 heterocycles. The maximum atomic E-state index is 12.3. The molecule has 2 N–H and O–H groups in total. The fourth-order valence-electron chi connectivity index (χ4n) is 3.41. The summed E-state index contributed by atoms with van der Waals surface area (Å²) in [4.78, 5) is 37.2. The third-order valence-corrected chi connectivity index (χ3v) is 4.87. The molecule has 25 heavy (non-hydrogen) atoms. The number of carboxylic acid groups (broad SMARTS) is 1. The number of nitrogens with zero attached hydrogens (tertiary/aromatic N) is 1. The normalized spacial score (nSPS) is 22.9. The zero-order valence-electron chi connectivity index (χ0n) is 14.0. The lowest BCUT2D eigenvalue weighted by atomic mass is 9.82. The molecule has 0 bridgehead atoms. The number of rotatable bonds is 5. The van der Waals surface area contributed by atoms with Gasteiger partial charge in [0.05, 0.1) is 11.8 Å². The molecular formula is C19H22N2O4. The Morgan fingerprint density at radius 3 is 2.40 bits per heavy atom. The topological polar surface area (TPSA) is 86.7 Å². The Hall–Kier alpha value is -2.63. The van der Waals surface area contributed by atoms with Crippen LogP contribution in [-0.2, 0) is 20.9 Å². The predicted molar refractivity (Wildman–Crippen MR) is 92.9 cm³/mol. The van der Waals surface area contributed by atoms with Gasteiger partial charge in [-0.2, -0.15) is 0 Å². The Labute approximate surface area is 146 Å². The van der Waals surface area contributed by atoms with Crippen molar-refractivity contribution in [1.82, 2.24) is 5.32 Å². The molecule has 132 valence electrons. The molecule has 1 saturated heterocycles.